The second kappa shape index (κ2) is 11.6. The maximum Gasteiger partial charge on any atom is 0.235 e. The van der Waals surface area contributed by atoms with Crippen LogP contribution in [0.15, 0.2) is 48.5 Å². The number of amides is 1. The van der Waals surface area contributed by atoms with Crippen LogP contribution in [-0.2, 0) is 31.7 Å². The number of hydrogen-bond donors (Lipinski definition) is 1. The smallest absolute Gasteiger partial charge is 0.235 e. The van der Waals surface area contributed by atoms with E-state index in [1.165, 1.54) is 0 Å². The van der Waals surface area contributed by atoms with Gasteiger partial charge in [-0.2, -0.15) is 5.26 Å². The highest BCUT2D eigenvalue weighted by atomic mass is 32.2. The van der Waals surface area contributed by atoms with Crippen LogP contribution in [0.3, 0.4) is 0 Å². The molecule has 9 heteroatoms. The summed E-state index contributed by atoms with van der Waals surface area (Å²) in [6.07, 6.45) is 0. The van der Waals surface area contributed by atoms with E-state index in [1.54, 1.807) is 24.3 Å². The highest BCUT2D eigenvalue weighted by Crippen LogP contribution is 2.14. The van der Waals surface area contributed by atoms with Crippen molar-refractivity contribution in [3.05, 3.63) is 65.2 Å². The van der Waals surface area contributed by atoms with Gasteiger partial charge in [-0.25, -0.2) is 8.42 Å². The summed E-state index contributed by atoms with van der Waals surface area (Å²) in [6, 6.07) is 15.6. The molecule has 0 atom stereocenters. The zero-order chi connectivity index (χ0) is 22.8. The molecule has 0 spiro atoms. The van der Waals surface area contributed by atoms with E-state index in [0.29, 0.717) is 23.5 Å². The third-order valence-electron chi connectivity index (χ3n) is 4.99. The first-order valence-corrected chi connectivity index (χ1v) is 12.2. The minimum atomic E-state index is -3.62. The fraction of sp³-hybridized carbons (Fsp3) is 0.391. The number of rotatable bonds is 10. The molecule has 0 radical (unpaired) electrons. The van der Waals surface area contributed by atoms with Gasteiger partial charge < -0.3 is 14.8 Å². The van der Waals surface area contributed by atoms with Crippen molar-refractivity contribution in [2.75, 3.05) is 45.2 Å². The largest absolute Gasteiger partial charge is 0.492 e. The maximum atomic E-state index is 12.3. The Kier molecular flexibility index (Phi) is 8.62. The van der Waals surface area contributed by atoms with E-state index >= 15 is 0 Å². The molecule has 32 heavy (non-hydrogen) atoms. The number of carbonyl (C=O) groups excluding carboxylic acids is 1. The van der Waals surface area contributed by atoms with Crippen LogP contribution < -0.4 is 10.1 Å². The van der Waals surface area contributed by atoms with Crippen molar-refractivity contribution in [2.45, 2.75) is 12.3 Å². The van der Waals surface area contributed by atoms with Gasteiger partial charge in [-0.15, -0.1) is 0 Å². The molecule has 1 aliphatic rings. The Balaban J connectivity index is 1.43. The number of morpholine rings is 1. The number of nitrogens with zero attached hydrogens (tertiary/aromatic N) is 2. The molecule has 0 unspecified atom stereocenters. The normalized spacial score (nSPS) is 14.5. The van der Waals surface area contributed by atoms with Gasteiger partial charge in [0.1, 0.15) is 18.1 Å². The quantitative estimate of drug-likeness (QED) is 0.576. The standard InChI is InChI=1S/C23H27N3O5S/c24-15-19-4-6-20(7-5-19)17-32(28,29)18-23(27)25-16-21-2-1-3-22(14-21)31-13-10-26-8-11-30-12-9-26/h1-7,14H,8-13,16-18H2,(H,25,27). The van der Waals surface area contributed by atoms with E-state index in [4.69, 9.17) is 14.7 Å². The number of nitriles is 1. The zero-order valence-electron chi connectivity index (χ0n) is 17.8. The number of benzene rings is 2. The summed E-state index contributed by atoms with van der Waals surface area (Å²) in [6.45, 7) is 4.90. The third-order valence-corrected chi connectivity index (χ3v) is 6.46. The Morgan fingerprint density at radius 3 is 2.59 bits per heavy atom. The molecule has 1 N–H and O–H groups in total. The van der Waals surface area contributed by atoms with Gasteiger partial charge in [0.15, 0.2) is 9.84 Å². The van der Waals surface area contributed by atoms with Crippen molar-refractivity contribution in [3.8, 4) is 11.8 Å². The second-order valence-electron chi connectivity index (χ2n) is 7.57. The molecule has 3 rings (SSSR count). The van der Waals surface area contributed by atoms with Gasteiger partial charge in [0.05, 0.1) is 30.6 Å². The number of sulfone groups is 1. The van der Waals surface area contributed by atoms with Gasteiger partial charge >= 0.3 is 0 Å². The van der Waals surface area contributed by atoms with E-state index < -0.39 is 21.5 Å². The Morgan fingerprint density at radius 2 is 1.88 bits per heavy atom. The Bertz CT molecular complexity index is 1040. The Hall–Kier alpha value is -2.93. The molecule has 2 aromatic carbocycles. The lowest BCUT2D eigenvalue weighted by atomic mass is 10.2. The van der Waals surface area contributed by atoms with E-state index in [0.717, 1.165) is 38.4 Å². The minimum Gasteiger partial charge on any atom is -0.492 e. The van der Waals surface area contributed by atoms with Gasteiger partial charge in [-0.1, -0.05) is 24.3 Å². The van der Waals surface area contributed by atoms with Gasteiger partial charge in [0.25, 0.3) is 0 Å². The van der Waals surface area contributed by atoms with Crippen LogP contribution in [0.4, 0.5) is 0 Å². The lowest BCUT2D eigenvalue weighted by molar-refractivity contribution is -0.118. The lowest BCUT2D eigenvalue weighted by Crippen LogP contribution is -2.38. The summed E-state index contributed by atoms with van der Waals surface area (Å²) in [5.41, 5.74) is 1.82. The molecule has 0 aliphatic carbocycles. The number of carbonyl (C=O) groups is 1. The molecule has 2 aromatic rings. The summed E-state index contributed by atoms with van der Waals surface area (Å²) < 4.78 is 35.8. The molecular weight excluding hydrogens is 430 g/mol. The van der Waals surface area contributed by atoms with Gasteiger partial charge in [0, 0.05) is 26.2 Å². The van der Waals surface area contributed by atoms with E-state index in [1.807, 2.05) is 30.3 Å². The topological polar surface area (TPSA) is 109 Å². The highest BCUT2D eigenvalue weighted by Gasteiger charge is 2.17. The molecule has 1 heterocycles. The molecule has 1 amide bonds. The van der Waals surface area contributed by atoms with Crippen LogP contribution in [0, 0.1) is 11.3 Å². The van der Waals surface area contributed by atoms with Crippen molar-refractivity contribution in [1.82, 2.24) is 10.2 Å². The molecule has 1 fully saturated rings. The predicted octanol–water partition coefficient (Wildman–Crippen LogP) is 1.50. The van der Waals surface area contributed by atoms with Gasteiger partial charge in [0.2, 0.25) is 5.91 Å². The second-order valence-corrected chi connectivity index (χ2v) is 9.63. The molecular formula is C23H27N3O5S. The monoisotopic (exact) mass is 457 g/mol. The van der Waals surface area contributed by atoms with Crippen LogP contribution in [0.1, 0.15) is 16.7 Å². The number of hydrogen-bond acceptors (Lipinski definition) is 7. The fourth-order valence-electron chi connectivity index (χ4n) is 3.29. The van der Waals surface area contributed by atoms with E-state index in [-0.39, 0.29) is 12.3 Å². The minimum absolute atomic E-state index is 0.214. The molecule has 1 aliphatic heterocycles. The Labute approximate surface area is 188 Å². The molecule has 0 aromatic heterocycles. The summed E-state index contributed by atoms with van der Waals surface area (Å²) in [7, 11) is -3.62. The predicted molar refractivity (Wildman–Crippen MR) is 120 cm³/mol. The van der Waals surface area contributed by atoms with E-state index in [9.17, 15) is 13.2 Å². The van der Waals surface area contributed by atoms with E-state index in [2.05, 4.69) is 10.2 Å². The molecule has 170 valence electrons. The average molecular weight is 458 g/mol. The zero-order valence-corrected chi connectivity index (χ0v) is 18.6. The van der Waals surface area contributed by atoms with Crippen LogP contribution in [0.2, 0.25) is 0 Å². The van der Waals surface area contributed by atoms with Crippen molar-refractivity contribution in [2.24, 2.45) is 0 Å². The number of ether oxygens (including phenoxy) is 2. The molecule has 8 nitrogen and oxygen atoms in total. The average Bonchev–Trinajstić information content (AvgIpc) is 2.79. The van der Waals surface area contributed by atoms with Crippen molar-refractivity contribution >= 4 is 15.7 Å². The highest BCUT2D eigenvalue weighted by molar-refractivity contribution is 7.91. The van der Waals surface area contributed by atoms with Crippen LogP contribution >= 0.6 is 0 Å². The van der Waals surface area contributed by atoms with Crippen LogP contribution in [0.25, 0.3) is 0 Å². The first kappa shape index (κ1) is 23.7. The maximum absolute atomic E-state index is 12.3. The first-order valence-electron chi connectivity index (χ1n) is 10.4. The van der Waals surface area contributed by atoms with Gasteiger partial charge in [-0.05, 0) is 35.4 Å². The SMILES string of the molecule is N#Cc1ccc(CS(=O)(=O)CC(=O)NCc2cccc(OCCN3CCOCC3)c2)cc1. The molecule has 1 saturated heterocycles. The van der Waals surface area contributed by atoms with Crippen molar-refractivity contribution in [3.63, 3.8) is 0 Å². The van der Waals surface area contributed by atoms with Crippen LogP contribution in [0.5, 0.6) is 5.75 Å². The first-order chi connectivity index (χ1) is 15.4. The summed E-state index contributed by atoms with van der Waals surface area (Å²) >= 11 is 0. The summed E-state index contributed by atoms with van der Waals surface area (Å²) in [4.78, 5) is 14.5. The Morgan fingerprint density at radius 1 is 1.12 bits per heavy atom. The van der Waals surface area contributed by atoms with Crippen LogP contribution in [-0.4, -0.2) is 64.4 Å². The van der Waals surface area contributed by atoms with Gasteiger partial charge in [-0.3, -0.25) is 9.69 Å². The fourth-order valence-corrected chi connectivity index (χ4v) is 4.60. The molecule has 0 bridgehead atoms. The van der Waals surface area contributed by atoms with Crippen molar-refractivity contribution < 1.29 is 22.7 Å². The lowest BCUT2D eigenvalue weighted by Gasteiger charge is -2.26. The summed E-state index contributed by atoms with van der Waals surface area (Å²) in [5.74, 6) is -0.697. The molecule has 0 saturated carbocycles. The summed E-state index contributed by atoms with van der Waals surface area (Å²) in [5, 5.41) is 11.5. The van der Waals surface area contributed by atoms with Crippen molar-refractivity contribution in [1.29, 1.82) is 5.26 Å². The third kappa shape index (κ3) is 7.96. The number of nitrogens with one attached hydrogen (secondary N) is 1.